The quantitative estimate of drug-likeness (QED) is 0.436. The third-order valence-electron chi connectivity index (χ3n) is 2.77. The Morgan fingerprint density at radius 2 is 1.81 bits per heavy atom. The van der Waals surface area contributed by atoms with Gasteiger partial charge in [0.25, 0.3) is 17.5 Å². The maximum absolute atomic E-state index is 11.4. The molecule has 1 aliphatic heterocycles. The van der Waals surface area contributed by atoms with E-state index in [0.717, 1.165) is 6.07 Å². The Balaban J connectivity index is 2.81. The molecule has 1 N–H and O–H groups in total. The lowest BCUT2D eigenvalue weighted by Gasteiger charge is -2.05. The summed E-state index contributed by atoms with van der Waals surface area (Å²) in [5.41, 5.74) is 1.08. The van der Waals surface area contributed by atoms with Gasteiger partial charge in [0.05, 0.1) is 16.1 Å². The van der Waals surface area contributed by atoms with Gasteiger partial charge in [-0.3, -0.25) is 25.0 Å². The molecule has 6 nitrogen and oxygen atoms in total. The summed E-state index contributed by atoms with van der Waals surface area (Å²) >= 11 is 0. The number of imide groups is 1. The lowest BCUT2D eigenvalue weighted by atomic mass is 9.97. The summed E-state index contributed by atoms with van der Waals surface area (Å²) in [7, 11) is 0. The van der Waals surface area contributed by atoms with Crippen LogP contribution in [0, 0.1) is 24.0 Å². The third-order valence-corrected chi connectivity index (χ3v) is 2.77. The van der Waals surface area contributed by atoms with Crippen LogP contribution in [0.1, 0.15) is 31.8 Å². The first kappa shape index (κ1) is 10.3. The highest BCUT2D eigenvalue weighted by atomic mass is 16.6. The van der Waals surface area contributed by atoms with Gasteiger partial charge in [0.2, 0.25) is 0 Å². The number of hydrogen-bond donors (Lipinski definition) is 1. The van der Waals surface area contributed by atoms with Gasteiger partial charge in [-0.25, -0.2) is 0 Å². The van der Waals surface area contributed by atoms with Crippen LogP contribution >= 0.6 is 0 Å². The van der Waals surface area contributed by atoms with Crippen molar-refractivity contribution in [2.45, 2.75) is 13.8 Å². The molecule has 2 rings (SSSR count). The molecule has 0 bridgehead atoms. The van der Waals surface area contributed by atoms with Crippen molar-refractivity contribution in [2.75, 3.05) is 0 Å². The van der Waals surface area contributed by atoms with E-state index in [-0.39, 0.29) is 16.8 Å². The molecule has 2 amide bonds. The number of nitro groups is 1. The van der Waals surface area contributed by atoms with E-state index < -0.39 is 16.7 Å². The van der Waals surface area contributed by atoms with E-state index in [0.29, 0.717) is 11.1 Å². The van der Waals surface area contributed by atoms with E-state index in [9.17, 15) is 19.7 Å². The zero-order chi connectivity index (χ0) is 12.0. The Morgan fingerprint density at radius 1 is 1.19 bits per heavy atom. The number of benzene rings is 1. The molecule has 16 heavy (non-hydrogen) atoms. The summed E-state index contributed by atoms with van der Waals surface area (Å²) in [5, 5.41) is 12.9. The summed E-state index contributed by atoms with van der Waals surface area (Å²) in [4.78, 5) is 33.0. The minimum absolute atomic E-state index is 0.0831. The first-order chi connectivity index (χ1) is 7.43. The van der Waals surface area contributed by atoms with Gasteiger partial charge >= 0.3 is 0 Å². The third kappa shape index (κ3) is 1.19. The fourth-order valence-electron chi connectivity index (χ4n) is 1.79. The van der Waals surface area contributed by atoms with Crippen LogP contribution in [0.25, 0.3) is 0 Å². The average molecular weight is 220 g/mol. The zero-order valence-electron chi connectivity index (χ0n) is 8.66. The Hall–Kier alpha value is -2.24. The number of rotatable bonds is 1. The van der Waals surface area contributed by atoms with Crippen molar-refractivity contribution >= 4 is 17.5 Å². The highest BCUT2D eigenvalue weighted by Gasteiger charge is 2.32. The van der Waals surface area contributed by atoms with Gasteiger partial charge < -0.3 is 0 Å². The second kappa shape index (κ2) is 3.13. The fraction of sp³-hybridized carbons (Fsp3) is 0.200. The van der Waals surface area contributed by atoms with E-state index in [2.05, 4.69) is 5.32 Å². The van der Waals surface area contributed by atoms with Crippen LogP contribution in [-0.2, 0) is 0 Å². The molecular formula is C10H8N2O4. The summed E-state index contributed by atoms with van der Waals surface area (Å²) in [6.45, 7) is 3.16. The molecule has 0 aliphatic carbocycles. The number of carbonyl (C=O) groups excluding carboxylic acids is 2. The molecule has 0 aromatic heterocycles. The van der Waals surface area contributed by atoms with Crippen LogP contribution in [0.15, 0.2) is 6.07 Å². The molecule has 1 aromatic carbocycles. The van der Waals surface area contributed by atoms with E-state index in [1.807, 2.05) is 0 Å². The van der Waals surface area contributed by atoms with Crippen LogP contribution in [0.3, 0.4) is 0 Å². The van der Waals surface area contributed by atoms with Crippen molar-refractivity contribution in [2.24, 2.45) is 0 Å². The van der Waals surface area contributed by atoms with Crippen molar-refractivity contribution in [3.63, 3.8) is 0 Å². The van der Waals surface area contributed by atoms with Gasteiger partial charge in [0.15, 0.2) is 0 Å². The van der Waals surface area contributed by atoms with Crippen LogP contribution in [-0.4, -0.2) is 16.7 Å². The van der Waals surface area contributed by atoms with Crippen LogP contribution in [0.5, 0.6) is 0 Å². The van der Waals surface area contributed by atoms with E-state index in [4.69, 9.17) is 0 Å². The molecule has 0 saturated carbocycles. The normalized spacial score (nSPS) is 13.6. The van der Waals surface area contributed by atoms with Gasteiger partial charge in [-0.1, -0.05) is 0 Å². The molecule has 82 valence electrons. The fourth-order valence-corrected chi connectivity index (χ4v) is 1.79. The maximum atomic E-state index is 11.4. The highest BCUT2D eigenvalue weighted by Crippen LogP contribution is 2.30. The molecular weight excluding hydrogens is 212 g/mol. The first-order valence-corrected chi connectivity index (χ1v) is 4.57. The number of carbonyl (C=O) groups is 2. The lowest BCUT2D eigenvalue weighted by molar-refractivity contribution is -0.385. The summed E-state index contributed by atoms with van der Waals surface area (Å²) in [6, 6.07) is 1.15. The van der Waals surface area contributed by atoms with Crippen molar-refractivity contribution in [1.82, 2.24) is 5.32 Å². The Morgan fingerprint density at radius 3 is 2.38 bits per heavy atom. The van der Waals surface area contributed by atoms with Gasteiger partial charge in [0.1, 0.15) is 0 Å². The predicted molar refractivity (Wildman–Crippen MR) is 54.4 cm³/mol. The van der Waals surface area contributed by atoms with Crippen LogP contribution in [0.4, 0.5) is 5.69 Å². The largest absolute Gasteiger partial charge is 0.288 e. The minimum Gasteiger partial charge on any atom is -0.288 e. The molecule has 6 heteroatoms. The van der Waals surface area contributed by atoms with Crippen molar-refractivity contribution in [3.05, 3.63) is 38.4 Å². The number of hydrogen-bond acceptors (Lipinski definition) is 4. The number of fused-ring (bicyclic) bond motifs is 1. The SMILES string of the molecule is Cc1c([N+](=O)[O-])cc2c(c1C)C(=O)NC2=O. The molecule has 0 atom stereocenters. The second-order valence-corrected chi connectivity index (χ2v) is 3.61. The topological polar surface area (TPSA) is 89.3 Å². The van der Waals surface area contributed by atoms with Gasteiger partial charge in [-0.15, -0.1) is 0 Å². The summed E-state index contributed by atoms with van der Waals surface area (Å²) in [6.07, 6.45) is 0. The van der Waals surface area contributed by atoms with Crippen molar-refractivity contribution in [3.8, 4) is 0 Å². The monoisotopic (exact) mass is 220 g/mol. The molecule has 0 unspecified atom stereocenters. The Bertz CT molecular complexity index is 548. The second-order valence-electron chi connectivity index (χ2n) is 3.61. The van der Waals surface area contributed by atoms with E-state index >= 15 is 0 Å². The first-order valence-electron chi connectivity index (χ1n) is 4.57. The van der Waals surface area contributed by atoms with E-state index in [1.165, 1.54) is 0 Å². The zero-order valence-corrected chi connectivity index (χ0v) is 8.66. The summed E-state index contributed by atoms with van der Waals surface area (Å²) < 4.78 is 0. The molecule has 0 fully saturated rings. The number of nitro benzene ring substituents is 1. The molecule has 1 heterocycles. The average Bonchev–Trinajstić information content (AvgIpc) is 2.47. The van der Waals surface area contributed by atoms with E-state index in [1.54, 1.807) is 13.8 Å². The lowest BCUT2D eigenvalue weighted by Crippen LogP contribution is -2.20. The van der Waals surface area contributed by atoms with Crippen molar-refractivity contribution < 1.29 is 14.5 Å². The van der Waals surface area contributed by atoms with Crippen LogP contribution in [0.2, 0.25) is 0 Å². The minimum atomic E-state index is -0.578. The molecule has 1 aliphatic rings. The smallest absolute Gasteiger partial charge is 0.273 e. The van der Waals surface area contributed by atoms with Crippen molar-refractivity contribution in [1.29, 1.82) is 0 Å². The number of amides is 2. The number of nitrogens with zero attached hydrogens (tertiary/aromatic N) is 1. The molecule has 1 aromatic rings. The molecule has 0 spiro atoms. The Kier molecular flexibility index (Phi) is 2.01. The van der Waals surface area contributed by atoms with Gasteiger partial charge in [-0.2, -0.15) is 0 Å². The van der Waals surface area contributed by atoms with Gasteiger partial charge in [0, 0.05) is 11.6 Å². The predicted octanol–water partition coefficient (Wildman–Crippen LogP) is 1.10. The highest BCUT2D eigenvalue weighted by molar-refractivity contribution is 6.22. The van der Waals surface area contributed by atoms with Crippen LogP contribution < -0.4 is 5.32 Å². The standard InChI is InChI=1S/C10H8N2O4/c1-4-5(2)8-6(3-7(4)12(15)16)9(13)11-10(8)14/h3H,1-2H3,(H,11,13,14). The Labute approximate surface area is 90.4 Å². The maximum Gasteiger partial charge on any atom is 0.273 e. The number of nitrogens with one attached hydrogen (secondary N) is 1. The molecule has 0 radical (unpaired) electrons. The summed E-state index contributed by atoms with van der Waals surface area (Å²) in [5.74, 6) is -1.07. The molecule has 0 saturated heterocycles. The van der Waals surface area contributed by atoms with Gasteiger partial charge in [-0.05, 0) is 19.4 Å².